The molecule has 2 saturated heterocycles. The number of carbonyl (C=O) groups excluding carboxylic acids is 1. The lowest BCUT2D eigenvalue weighted by atomic mass is 10.0. The van der Waals surface area contributed by atoms with E-state index in [4.69, 9.17) is 35.9 Å². The maximum Gasteiger partial charge on any atom is 0.303 e. The Morgan fingerprint density at radius 2 is 2.17 bits per heavy atom. The van der Waals surface area contributed by atoms with E-state index in [1.54, 1.807) is 19.9 Å². The lowest BCUT2D eigenvalue weighted by Gasteiger charge is -2.30. The van der Waals surface area contributed by atoms with E-state index in [0.29, 0.717) is 10.8 Å². The number of ether oxygens (including phenoxy) is 5. The highest BCUT2D eigenvalue weighted by Gasteiger charge is 2.58. The Kier molecular flexibility index (Phi) is 6.07. The molecule has 2 aliphatic rings. The van der Waals surface area contributed by atoms with Crippen LogP contribution in [0.5, 0.6) is 0 Å². The maximum atomic E-state index is 11.4. The topological polar surface area (TPSA) is 63.2 Å². The number of esters is 1. The minimum Gasteiger partial charge on any atom is -0.469 e. The van der Waals surface area contributed by atoms with Crippen LogP contribution < -0.4 is 0 Å². The molecular weight excluding hydrogens is 340 g/mol. The number of rotatable bonds is 5. The molecule has 5 atom stereocenters. The van der Waals surface area contributed by atoms with Gasteiger partial charge in [0.15, 0.2) is 24.3 Å². The van der Waals surface area contributed by atoms with Gasteiger partial charge >= 0.3 is 5.97 Å². The molecule has 23 heavy (non-hydrogen) atoms. The molecule has 130 valence electrons. The van der Waals surface area contributed by atoms with Crippen LogP contribution in [0.3, 0.4) is 0 Å². The summed E-state index contributed by atoms with van der Waals surface area (Å²) in [5.74, 6) is -1.16. The molecule has 0 amide bonds. The van der Waals surface area contributed by atoms with Crippen molar-refractivity contribution >= 4 is 34.3 Å². The monoisotopic (exact) mass is 362 g/mol. The molecule has 8 heteroatoms. The summed E-state index contributed by atoms with van der Waals surface area (Å²) in [7, 11) is 0. The molecule has 0 saturated carbocycles. The van der Waals surface area contributed by atoms with E-state index in [-0.39, 0.29) is 0 Å². The van der Waals surface area contributed by atoms with Gasteiger partial charge in [0.2, 0.25) is 4.38 Å². The van der Waals surface area contributed by atoms with Crippen LogP contribution in [0.2, 0.25) is 0 Å². The zero-order chi connectivity index (χ0) is 17.2. The third-order valence-electron chi connectivity index (χ3n) is 3.51. The second-order valence-corrected chi connectivity index (χ2v) is 7.19. The summed E-state index contributed by atoms with van der Waals surface area (Å²) in [6.45, 7) is 8.66. The molecule has 2 fully saturated rings. The van der Waals surface area contributed by atoms with Gasteiger partial charge in [-0.3, -0.25) is 4.79 Å². The van der Waals surface area contributed by atoms with Crippen LogP contribution in [-0.4, -0.2) is 53.1 Å². The maximum absolute atomic E-state index is 11.4. The number of hydrogen-bond acceptors (Lipinski definition) is 8. The predicted molar refractivity (Wildman–Crippen MR) is 90.1 cm³/mol. The van der Waals surface area contributed by atoms with Gasteiger partial charge in [0.1, 0.15) is 12.2 Å². The van der Waals surface area contributed by atoms with E-state index in [1.807, 2.05) is 6.26 Å². The van der Waals surface area contributed by atoms with Gasteiger partial charge in [0.05, 0.1) is 0 Å². The van der Waals surface area contributed by atoms with Crippen molar-refractivity contribution in [3.05, 3.63) is 12.7 Å². The SMILES string of the molecule is C=CC[C@@H](OC(C)=O)[C@H]1O[C@@H]2OC(C)(C)O[C@@H]2[C@H]1OC(=S)SC. The summed E-state index contributed by atoms with van der Waals surface area (Å²) < 4.78 is 29.1. The average Bonchev–Trinajstić information content (AvgIpc) is 2.91. The van der Waals surface area contributed by atoms with Crippen molar-refractivity contribution < 1.29 is 28.5 Å². The molecule has 0 aromatic carbocycles. The highest BCUT2D eigenvalue weighted by molar-refractivity contribution is 8.22. The number of carbonyl (C=O) groups is 1. The Balaban J connectivity index is 2.21. The van der Waals surface area contributed by atoms with E-state index >= 15 is 0 Å². The van der Waals surface area contributed by atoms with Gasteiger partial charge in [-0.05, 0) is 32.3 Å². The fraction of sp³-hybridized carbons (Fsp3) is 0.733. The third-order valence-corrected chi connectivity index (χ3v) is 4.53. The van der Waals surface area contributed by atoms with E-state index in [9.17, 15) is 4.79 Å². The third kappa shape index (κ3) is 4.45. The molecule has 0 spiro atoms. The molecule has 6 nitrogen and oxygen atoms in total. The van der Waals surface area contributed by atoms with Crippen LogP contribution in [0.15, 0.2) is 12.7 Å². The van der Waals surface area contributed by atoms with Crippen LogP contribution >= 0.6 is 24.0 Å². The molecule has 0 aromatic heterocycles. The minimum absolute atomic E-state index is 0.373. The molecule has 0 bridgehead atoms. The quantitative estimate of drug-likeness (QED) is 0.420. The van der Waals surface area contributed by atoms with Crippen LogP contribution in [0.25, 0.3) is 0 Å². The molecule has 0 aliphatic carbocycles. The Hall–Kier alpha value is -0.670. The second kappa shape index (κ2) is 7.48. The second-order valence-electron chi connectivity index (χ2n) is 5.78. The van der Waals surface area contributed by atoms with Gasteiger partial charge in [-0.15, -0.1) is 6.58 Å². The van der Waals surface area contributed by atoms with Crippen molar-refractivity contribution in [3.8, 4) is 0 Å². The summed E-state index contributed by atoms with van der Waals surface area (Å²) in [5.41, 5.74) is 0. The van der Waals surface area contributed by atoms with Gasteiger partial charge < -0.3 is 23.7 Å². The fourth-order valence-corrected chi connectivity index (χ4v) is 3.04. The van der Waals surface area contributed by atoms with E-state index < -0.39 is 42.5 Å². The van der Waals surface area contributed by atoms with Gasteiger partial charge in [-0.1, -0.05) is 17.8 Å². The van der Waals surface area contributed by atoms with Crippen molar-refractivity contribution in [2.45, 2.75) is 63.7 Å². The zero-order valence-corrected chi connectivity index (χ0v) is 15.3. The molecular formula is C15H22O6S2. The fourth-order valence-electron chi connectivity index (χ4n) is 2.72. The summed E-state index contributed by atoms with van der Waals surface area (Å²) in [4.78, 5) is 11.4. The molecule has 0 aromatic rings. The highest BCUT2D eigenvalue weighted by Crippen LogP contribution is 2.41. The summed E-state index contributed by atoms with van der Waals surface area (Å²) in [6, 6.07) is 0. The van der Waals surface area contributed by atoms with Gasteiger partial charge in [-0.2, -0.15) is 0 Å². The standard InChI is InChI=1S/C15H22O6S2/c1-6-7-9(17-8(2)16)10-11(19-14(22)23-5)12-13(18-10)21-15(3,4)20-12/h6,9-13H,1,7H2,2-5H3/t9-,10-,11+,12-,13-/m1/s1. The molecule has 2 heterocycles. The van der Waals surface area contributed by atoms with Crippen LogP contribution in [0.1, 0.15) is 27.2 Å². The molecule has 2 rings (SSSR count). The van der Waals surface area contributed by atoms with Crippen LogP contribution in [0, 0.1) is 0 Å². The zero-order valence-electron chi connectivity index (χ0n) is 13.6. The van der Waals surface area contributed by atoms with Gasteiger partial charge in [-0.25, -0.2) is 0 Å². The molecule has 0 unspecified atom stereocenters. The first kappa shape index (κ1) is 18.7. The number of thiocarbonyl (C=S) groups is 1. The molecule has 0 radical (unpaired) electrons. The van der Waals surface area contributed by atoms with E-state index in [1.165, 1.54) is 18.7 Å². The Bertz CT molecular complexity index is 481. The number of hydrogen-bond donors (Lipinski definition) is 0. The first-order chi connectivity index (χ1) is 10.8. The Morgan fingerprint density at radius 1 is 1.48 bits per heavy atom. The van der Waals surface area contributed by atoms with Gasteiger partial charge in [0, 0.05) is 13.3 Å². The summed E-state index contributed by atoms with van der Waals surface area (Å²) in [6.07, 6.45) is 1.28. The first-order valence-corrected chi connectivity index (χ1v) is 8.94. The largest absolute Gasteiger partial charge is 0.469 e. The van der Waals surface area contributed by atoms with Crippen molar-refractivity contribution in [1.82, 2.24) is 0 Å². The van der Waals surface area contributed by atoms with Gasteiger partial charge in [0.25, 0.3) is 0 Å². The van der Waals surface area contributed by atoms with Crippen LogP contribution in [-0.2, 0) is 28.5 Å². The van der Waals surface area contributed by atoms with Crippen molar-refractivity contribution in [2.75, 3.05) is 6.26 Å². The van der Waals surface area contributed by atoms with Crippen molar-refractivity contribution in [2.24, 2.45) is 0 Å². The normalized spacial score (nSPS) is 32.9. The lowest BCUT2D eigenvalue weighted by Crippen LogP contribution is -2.44. The highest BCUT2D eigenvalue weighted by atomic mass is 32.2. The molecule has 0 N–H and O–H groups in total. The molecule has 2 aliphatic heterocycles. The average molecular weight is 362 g/mol. The van der Waals surface area contributed by atoms with Crippen molar-refractivity contribution in [1.29, 1.82) is 0 Å². The first-order valence-electron chi connectivity index (χ1n) is 7.31. The van der Waals surface area contributed by atoms with Crippen molar-refractivity contribution in [3.63, 3.8) is 0 Å². The number of thioether (sulfide) groups is 1. The lowest BCUT2D eigenvalue weighted by molar-refractivity contribution is -0.227. The predicted octanol–water partition coefficient (Wildman–Crippen LogP) is 2.40. The summed E-state index contributed by atoms with van der Waals surface area (Å²) >= 11 is 6.48. The van der Waals surface area contributed by atoms with E-state index in [0.717, 1.165) is 0 Å². The summed E-state index contributed by atoms with van der Waals surface area (Å²) in [5, 5.41) is 0. The number of fused-ring (bicyclic) bond motifs is 1. The Morgan fingerprint density at radius 3 is 2.74 bits per heavy atom. The minimum atomic E-state index is -0.766. The van der Waals surface area contributed by atoms with Crippen LogP contribution in [0.4, 0.5) is 0 Å². The smallest absolute Gasteiger partial charge is 0.303 e. The Labute approximate surface area is 145 Å². The van der Waals surface area contributed by atoms with E-state index in [2.05, 4.69) is 6.58 Å².